The Balaban J connectivity index is 1.37. The molecule has 0 unspecified atom stereocenters. The van der Waals surface area contributed by atoms with Crippen molar-refractivity contribution < 1.29 is 4.52 Å². The minimum atomic E-state index is 0.322. The Morgan fingerprint density at radius 2 is 2.28 bits per heavy atom. The van der Waals surface area contributed by atoms with Crippen LogP contribution in [0.4, 0.5) is 0 Å². The average molecular weight is 339 g/mol. The summed E-state index contributed by atoms with van der Waals surface area (Å²) in [5, 5.41) is 12.1. The van der Waals surface area contributed by atoms with E-state index < -0.39 is 0 Å². The lowest BCUT2D eigenvalue weighted by Crippen LogP contribution is -2.37. The number of nitrogens with one attached hydrogen (secondary N) is 1. The van der Waals surface area contributed by atoms with Crippen molar-refractivity contribution in [2.75, 3.05) is 0 Å². The van der Waals surface area contributed by atoms with Gasteiger partial charge >= 0.3 is 0 Å². The number of fused-ring (bicyclic) bond motifs is 1. The Morgan fingerprint density at radius 3 is 3.08 bits per heavy atom. The van der Waals surface area contributed by atoms with Gasteiger partial charge in [0.1, 0.15) is 5.82 Å². The van der Waals surface area contributed by atoms with Crippen LogP contribution in [0.1, 0.15) is 43.7 Å². The van der Waals surface area contributed by atoms with Gasteiger partial charge in [-0.15, -0.1) is 0 Å². The van der Waals surface area contributed by atoms with E-state index in [9.17, 15) is 0 Å². The summed E-state index contributed by atoms with van der Waals surface area (Å²) in [6.07, 6.45) is 5.40. The highest BCUT2D eigenvalue weighted by Crippen LogP contribution is 2.18. The third-order valence-electron chi connectivity index (χ3n) is 4.32. The van der Waals surface area contributed by atoms with Crippen LogP contribution >= 0.6 is 0 Å². The maximum atomic E-state index is 5.33. The summed E-state index contributed by atoms with van der Waals surface area (Å²) in [6.45, 7) is 5.59. The van der Waals surface area contributed by atoms with Crippen molar-refractivity contribution in [2.24, 2.45) is 0 Å². The van der Waals surface area contributed by atoms with E-state index in [1.165, 1.54) is 0 Å². The predicted molar refractivity (Wildman–Crippen MR) is 90.6 cm³/mol. The average Bonchev–Trinajstić information content (AvgIpc) is 3.27. The molecule has 1 atom stereocenters. The summed E-state index contributed by atoms with van der Waals surface area (Å²) in [7, 11) is 0. The van der Waals surface area contributed by atoms with E-state index in [0.29, 0.717) is 30.2 Å². The Labute approximate surface area is 145 Å². The highest BCUT2D eigenvalue weighted by molar-refractivity contribution is 5.51. The van der Waals surface area contributed by atoms with E-state index in [-0.39, 0.29) is 0 Å². The smallest absolute Gasteiger partial charge is 0.240 e. The quantitative estimate of drug-likeness (QED) is 0.759. The third-order valence-corrected chi connectivity index (χ3v) is 4.32. The summed E-state index contributed by atoms with van der Waals surface area (Å²) in [6, 6.07) is 4.09. The number of nitrogens with zero attached hydrogens (tertiary/aromatic N) is 6. The second-order valence-corrected chi connectivity index (χ2v) is 6.59. The summed E-state index contributed by atoms with van der Waals surface area (Å²) >= 11 is 0. The maximum Gasteiger partial charge on any atom is 0.240 e. The molecule has 4 heterocycles. The molecule has 0 bridgehead atoms. The van der Waals surface area contributed by atoms with E-state index in [1.807, 2.05) is 16.8 Å². The molecule has 8 nitrogen and oxygen atoms in total. The van der Waals surface area contributed by atoms with Crippen molar-refractivity contribution in [3.8, 4) is 11.4 Å². The molecule has 25 heavy (non-hydrogen) atoms. The predicted octanol–water partition coefficient (Wildman–Crippen LogP) is 1.95. The molecule has 8 heteroatoms. The second kappa shape index (κ2) is 6.72. The number of hydrogen-bond donors (Lipinski definition) is 1. The second-order valence-electron chi connectivity index (χ2n) is 6.59. The first-order chi connectivity index (χ1) is 12.2. The Kier molecular flexibility index (Phi) is 4.27. The van der Waals surface area contributed by atoms with Gasteiger partial charge in [0.05, 0.1) is 13.1 Å². The Hall–Kier alpha value is -2.61. The van der Waals surface area contributed by atoms with E-state index in [1.54, 1.807) is 12.4 Å². The van der Waals surface area contributed by atoms with Gasteiger partial charge < -0.3 is 9.84 Å². The van der Waals surface area contributed by atoms with Crippen LogP contribution in [-0.2, 0) is 19.5 Å². The zero-order valence-electron chi connectivity index (χ0n) is 14.4. The first kappa shape index (κ1) is 15.9. The van der Waals surface area contributed by atoms with Crippen LogP contribution in [0.2, 0.25) is 0 Å². The lowest BCUT2D eigenvalue weighted by molar-refractivity contribution is 0.320. The molecule has 0 radical (unpaired) electrons. The van der Waals surface area contributed by atoms with Gasteiger partial charge in [0, 0.05) is 36.3 Å². The molecule has 1 aliphatic heterocycles. The monoisotopic (exact) mass is 339 g/mol. The van der Waals surface area contributed by atoms with Gasteiger partial charge in [0.15, 0.2) is 5.82 Å². The van der Waals surface area contributed by atoms with Crippen LogP contribution in [0.15, 0.2) is 29.0 Å². The topological polar surface area (TPSA) is 94.6 Å². The Morgan fingerprint density at radius 1 is 1.36 bits per heavy atom. The number of aromatic nitrogens is 6. The van der Waals surface area contributed by atoms with Crippen LogP contribution < -0.4 is 5.32 Å². The highest BCUT2D eigenvalue weighted by Gasteiger charge is 2.22. The van der Waals surface area contributed by atoms with E-state index in [4.69, 9.17) is 4.52 Å². The van der Waals surface area contributed by atoms with Gasteiger partial charge in [-0.05, 0) is 18.6 Å². The molecule has 3 aromatic heterocycles. The van der Waals surface area contributed by atoms with Crippen LogP contribution in [-0.4, -0.2) is 35.9 Å². The molecule has 130 valence electrons. The van der Waals surface area contributed by atoms with Crippen LogP contribution in [0.5, 0.6) is 0 Å². The van der Waals surface area contributed by atoms with Gasteiger partial charge in [-0.25, -0.2) is 9.67 Å². The molecule has 0 fully saturated rings. The number of hydrogen-bond acceptors (Lipinski definition) is 7. The molecule has 0 aromatic carbocycles. The Bertz CT molecular complexity index is 840. The van der Waals surface area contributed by atoms with Crippen molar-refractivity contribution in [1.82, 2.24) is 35.2 Å². The minimum absolute atomic E-state index is 0.322. The first-order valence-corrected chi connectivity index (χ1v) is 8.59. The fraction of sp³-hybridized carbons (Fsp3) is 0.471. The van der Waals surface area contributed by atoms with Crippen molar-refractivity contribution >= 4 is 0 Å². The maximum absolute atomic E-state index is 5.33. The van der Waals surface area contributed by atoms with Crippen LogP contribution in [0, 0.1) is 0 Å². The lowest BCUT2D eigenvalue weighted by Gasteiger charge is -2.22. The van der Waals surface area contributed by atoms with Gasteiger partial charge in [-0.1, -0.05) is 19.0 Å². The fourth-order valence-corrected chi connectivity index (χ4v) is 2.91. The normalized spacial score (nSPS) is 17.0. The van der Waals surface area contributed by atoms with Crippen LogP contribution in [0.25, 0.3) is 11.4 Å². The molecule has 0 spiro atoms. The lowest BCUT2D eigenvalue weighted by atomic mass is 10.1. The summed E-state index contributed by atoms with van der Waals surface area (Å²) < 4.78 is 7.35. The van der Waals surface area contributed by atoms with Gasteiger partial charge in [0.25, 0.3) is 0 Å². The standard InChI is InChI=1S/C17H21N7O/c1-11(2)16-20-14-6-5-13(10-24(14)22-16)19-9-15-21-17(23-25-15)12-4-3-7-18-8-12/h3-4,7-8,11,13,19H,5-6,9-10H2,1-2H3/t13-/m1/s1. The third kappa shape index (κ3) is 3.43. The van der Waals surface area contributed by atoms with E-state index in [0.717, 1.165) is 36.6 Å². The largest absolute Gasteiger partial charge is 0.338 e. The summed E-state index contributed by atoms with van der Waals surface area (Å²) in [4.78, 5) is 13.1. The zero-order chi connectivity index (χ0) is 17.2. The van der Waals surface area contributed by atoms with E-state index in [2.05, 4.69) is 44.4 Å². The molecule has 0 saturated heterocycles. The highest BCUT2D eigenvalue weighted by atomic mass is 16.5. The van der Waals surface area contributed by atoms with Gasteiger partial charge in [-0.2, -0.15) is 10.1 Å². The molecule has 3 aromatic rings. The minimum Gasteiger partial charge on any atom is -0.338 e. The molecule has 0 saturated carbocycles. The fourth-order valence-electron chi connectivity index (χ4n) is 2.91. The van der Waals surface area contributed by atoms with E-state index >= 15 is 0 Å². The van der Waals surface area contributed by atoms with Crippen molar-refractivity contribution in [2.45, 2.75) is 51.7 Å². The molecule has 0 aliphatic carbocycles. The zero-order valence-corrected chi connectivity index (χ0v) is 14.4. The molecule has 0 amide bonds. The first-order valence-electron chi connectivity index (χ1n) is 8.59. The molecular formula is C17H21N7O. The van der Waals surface area contributed by atoms with Crippen LogP contribution in [0.3, 0.4) is 0 Å². The van der Waals surface area contributed by atoms with Crippen molar-refractivity contribution in [3.63, 3.8) is 0 Å². The van der Waals surface area contributed by atoms with Gasteiger partial charge in [0.2, 0.25) is 11.7 Å². The number of rotatable bonds is 5. The van der Waals surface area contributed by atoms with Crippen molar-refractivity contribution in [1.29, 1.82) is 0 Å². The molecule has 4 rings (SSSR count). The van der Waals surface area contributed by atoms with Crippen molar-refractivity contribution in [3.05, 3.63) is 42.1 Å². The molecule has 1 N–H and O–H groups in total. The summed E-state index contributed by atoms with van der Waals surface area (Å²) in [5.41, 5.74) is 0.851. The SMILES string of the molecule is CC(C)c1nc2n(n1)C[C@H](NCc1nc(-c3cccnc3)no1)CC2. The molecule has 1 aliphatic rings. The number of aryl methyl sites for hydroxylation is 1. The van der Waals surface area contributed by atoms with Gasteiger partial charge in [-0.3, -0.25) is 4.98 Å². The number of pyridine rings is 1. The molecular weight excluding hydrogens is 318 g/mol. The summed E-state index contributed by atoms with van der Waals surface area (Å²) in [5.74, 6) is 3.50.